The molecule has 2 aliphatic rings. The fraction of sp³-hybridized carbons (Fsp3) is 0.227. The Morgan fingerprint density at radius 3 is 2.63 bits per heavy atom. The number of aromatic hydroxyl groups is 1. The number of benzene rings is 1. The van der Waals surface area contributed by atoms with Gasteiger partial charge >= 0.3 is 11.9 Å². The molecule has 3 heterocycles. The molecule has 5 N–H and O–H groups in total. The predicted octanol–water partition coefficient (Wildman–Crippen LogP) is 1.27. The highest BCUT2D eigenvalue weighted by Gasteiger charge is 2.54. The van der Waals surface area contributed by atoms with Crippen molar-refractivity contribution in [3.63, 3.8) is 0 Å². The zero-order valence-electron chi connectivity index (χ0n) is 18.3. The Hall–Kier alpha value is -3.84. The van der Waals surface area contributed by atoms with Crippen molar-refractivity contribution >= 4 is 63.6 Å². The van der Waals surface area contributed by atoms with Crippen LogP contribution in [0.5, 0.6) is 5.75 Å². The van der Waals surface area contributed by atoms with Crippen molar-refractivity contribution in [1.29, 1.82) is 0 Å². The van der Waals surface area contributed by atoms with Gasteiger partial charge in [-0.3, -0.25) is 19.3 Å². The third kappa shape index (κ3) is 5.00. The number of thioether (sulfide) groups is 1. The van der Waals surface area contributed by atoms with E-state index in [0.717, 1.165) is 16.2 Å². The van der Waals surface area contributed by atoms with E-state index in [2.05, 4.69) is 10.3 Å². The van der Waals surface area contributed by atoms with Crippen LogP contribution in [-0.4, -0.2) is 67.6 Å². The van der Waals surface area contributed by atoms with Crippen molar-refractivity contribution < 1.29 is 34.1 Å². The van der Waals surface area contributed by atoms with Crippen LogP contribution in [0.4, 0.5) is 5.13 Å². The molecule has 182 valence electrons. The first-order chi connectivity index (χ1) is 16.7. The monoisotopic (exact) mass is 516 g/mol. The minimum Gasteiger partial charge on any atom is -0.508 e. The van der Waals surface area contributed by atoms with Crippen molar-refractivity contribution in [1.82, 2.24) is 15.2 Å². The first-order valence-electron chi connectivity index (χ1n) is 10.2. The topological polar surface area (TPSA) is 172 Å². The lowest BCUT2D eigenvalue weighted by molar-refractivity contribution is -0.150. The van der Waals surface area contributed by atoms with Crippen LogP contribution >= 0.6 is 23.1 Å². The van der Waals surface area contributed by atoms with Gasteiger partial charge < -0.3 is 26.0 Å². The first-order valence-corrected chi connectivity index (χ1v) is 12.1. The number of esters is 1. The van der Waals surface area contributed by atoms with Gasteiger partial charge in [0.15, 0.2) is 5.13 Å². The normalized spacial score (nSPS) is 19.6. The summed E-state index contributed by atoms with van der Waals surface area (Å²) in [6.07, 6.45) is 1.55. The van der Waals surface area contributed by atoms with Crippen LogP contribution in [0.1, 0.15) is 18.2 Å². The zero-order valence-corrected chi connectivity index (χ0v) is 19.9. The number of aromatic nitrogens is 1. The molecule has 35 heavy (non-hydrogen) atoms. The van der Waals surface area contributed by atoms with Crippen molar-refractivity contribution in [3.05, 3.63) is 52.2 Å². The maximum atomic E-state index is 13.2. The summed E-state index contributed by atoms with van der Waals surface area (Å²) in [5.74, 6) is -2.78. The van der Waals surface area contributed by atoms with Gasteiger partial charge in [0.2, 0.25) is 0 Å². The van der Waals surface area contributed by atoms with Crippen LogP contribution < -0.4 is 11.1 Å². The molecular formula is C22H20N4O7S2. The predicted molar refractivity (Wildman–Crippen MR) is 129 cm³/mol. The number of aliphatic carboxylic acids is 1. The van der Waals surface area contributed by atoms with Gasteiger partial charge in [-0.2, -0.15) is 0 Å². The molecule has 2 aliphatic heterocycles. The lowest BCUT2D eigenvalue weighted by Gasteiger charge is -2.49. The molecule has 1 fully saturated rings. The number of phenolic OH excluding ortho intramolecular Hbond substituents is 1. The zero-order chi connectivity index (χ0) is 25.3. The molecule has 1 aromatic heterocycles. The van der Waals surface area contributed by atoms with Gasteiger partial charge in [0.1, 0.15) is 29.5 Å². The number of nitrogens with one attached hydrogen (secondary N) is 1. The van der Waals surface area contributed by atoms with Gasteiger partial charge in [-0.15, -0.1) is 23.1 Å². The number of thiazole rings is 1. The second-order valence-corrected chi connectivity index (χ2v) is 9.61. The van der Waals surface area contributed by atoms with Gasteiger partial charge in [-0.25, -0.2) is 9.78 Å². The maximum absolute atomic E-state index is 13.2. The summed E-state index contributed by atoms with van der Waals surface area (Å²) in [7, 11) is 0. The first kappa shape index (κ1) is 24.3. The van der Waals surface area contributed by atoms with E-state index in [4.69, 9.17) is 10.5 Å². The highest BCUT2D eigenvalue weighted by atomic mass is 32.2. The van der Waals surface area contributed by atoms with Crippen LogP contribution in [0.15, 0.2) is 40.9 Å². The molecule has 1 aromatic carbocycles. The average molecular weight is 517 g/mol. The van der Waals surface area contributed by atoms with Crippen LogP contribution in [0.2, 0.25) is 0 Å². The molecule has 2 atom stereocenters. The van der Waals surface area contributed by atoms with E-state index in [1.165, 1.54) is 30.8 Å². The molecular weight excluding hydrogens is 496 g/mol. The molecule has 4 rings (SSSR count). The molecule has 0 aliphatic carbocycles. The summed E-state index contributed by atoms with van der Waals surface area (Å²) in [5.41, 5.74) is 6.88. The quantitative estimate of drug-likeness (QED) is 0.238. The smallest absolute Gasteiger partial charge is 0.352 e. The second-order valence-electron chi connectivity index (χ2n) is 7.62. The van der Waals surface area contributed by atoms with E-state index in [1.807, 2.05) is 0 Å². The Morgan fingerprint density at radius 1 is 1.31 bits per heavy atom. The molecule has 2 aromatic rings. The number of fused-ring (bicyclic) bond motifs is 1. The van der Waals surface area contributed by atoms with Gasteiger partial charge in [-0.1, -0.05) is 12.1 Å². The number of nitrogens with two attached hydrogens (primary N) is 1. The summed E-state index contributed by atoms with van der Waals surface area (Å²) in [6.45, 7) is 0.974. The number of carbonyl (C=O) groups excluding carboxylic acids is 3. The number of rotatable bonds is 7. The Bertz CT molecular complexity index is 1270. The second kappa shape index (κ2) is 9.80. The van der Waals surface area contributed by atoms with E-state index in [1.54, 1.807) is 23.6 Å². The Morgan fingerprint density at radius 2 is 2.03 bits per heavy atom. The molecule has 1 unspecified atom stereocenters. The van der Waals surface area contributed by atoms with E-state index in [9.17, 15) is 29.4 Å². The fourth-order valence-corrected chi connectivity index (χ4v) is 5.50. The third-order valence-corrected chi connectivity index (χ3v) is 7.25. The molecule has 0 radical (unpaired) electrons. The van der Waals surface area contributed by atoms with Gasteiger partial charge in [-0.05, 0) is 23.8 Å². The summed E-state index contributed by atoms with van der Waals surface area (Å²) in [5, 5.41) is 23.1. The van der Waals surface area contributed by atoms with E-state index < -0.39 is 35.2 Å². The van der Waals surface area contributed by atoms with Crippen LogP contribution in [0, 0.1) is 0 Å². The standard InChI is InChI=1S/C22H20N4O7S2/c1-10(27)33-7-12-8-34-20-16(19(30)26(20)17(12)21(31)32)25-18(29)14(15-9-35-22(23)24-15)6-11-2-4-13(28)5-3-11/h2-6,9,16,20,28H,7-8H2,1H3,(H2,23,24)(H,25,29)(H,31,32)/t16?,20-/m0/s1. The molecule has 0 saturated carbocycles. The van der Waals surface area contributed by atoms with Crippen molar-refractivity contribution in [2.24, 2.45) is 0 Å². The maximum Gasteiger partial charge on any atom is 0.352 e. The lowest BCUT2D eigenvalue weighted by Crippen LogP contribution is -2.70. The van der Waals surface area contributed by atoms with Crippen LogP contribution in [0.25, 0.3) is 11.6 Å². The number of anilines is 1. The number of phenols is 1. The average Bonchev–Trinajstić information content (AvgIpc) is 3.25. The number of carbonyl (C=O) groups is 4. The number of hydrogen-bond acceptors (Lipinski definition) is 10. The fourth-order valence-electron chi connectivity index (χ4n) is 3.61. The highest BCUT2D eigenvalue weighted by Crippen LogP contribution is 2.40. The molecule has 1 saturated heterocycles. The molecule has 2 amide bonds. The Labute approximate surface area is 207 Å². The molecule has 0 bridgehead atoms. The van der Waals surface area contributed by atoms with Gasteiger partial charge in [0, 0.05) is 23.6 Å². The van der Waals surface area contributed by atoms with Gasteiger partial charge in [0.25, 0.3) is 11.8 Å². The highest BCUT2D eigenvalue weighted by molar-refractivity contribution is 8.00. The summed E-state index contributed by atoms with van der Waals surface area (Å²) < 4.78 is 4.92. The van der Waals surface area contributed by atoms with Crippen LogP contribution in [0.3, 0.4) is 0 Å². The number of nitrogen functional groups attached to an aromatic ring is 1. The minimum absolute atomic E-state index is 0.0656. The van der Waals surface area contributed by atoms with Crippen LogP contribution in [-0.2, 0) is 23.9 Å². The van der Waals surface area contributed by atoms with E-state index in [0.29, 0.717) is 16.8 Å². The number of carboxylic acids is 1. The summed E-state index contributed by atoms with van der Waals surface area (Å²) in [4.78, 5) is 54.4. The number of hydrogen-bond donors (Lipinski definition) is 4. The summed E-state index contributed by atoms with van der Waals surface area (Å²) >= 11 is 2.41. The third-order valence-electron chi connectivity index (χ3n) is 5.23. The number of amides is 2. The molecule has 13 heteroatoms. The van der Waals surface area contributed by atoms with Crippen molar-refractivity contribution in [3.8, 4) is 5.75 Å². The lowest BCUT2D eigenvalue weighted by atomic mass is 10.0. The number of ether oxygens (including phenoxy) is 1. The summed E-state index contributed by atoms with van der Waals surface area (Å²) in [6, 6.07) is 5.20. The largest absolute Gasteiger partial charge is 0.508 e. The number of β-lactam (4-membered cyclic amide) rings is 1. The minimum atomic E-state index is -1.32. The van der Waals surface area contributed by atoms with Crippen molar-refractivity contribution in [2.45, 2.75) is 18.3 Å². The SMILES string of the molecule is CC(=O)OCC1=C(C(=O)O)N2C(=O)C(NC(=O)C(=Cc3ccc(O)cc3)c3csc(N)n3)[C@@H]2SC1. The number of carboxylic acid groups (broad SMARTS) is 1. The Kier molecular flexibility index (Phi) is 6.80. The Balaban J connectivity index is 1.57. The van der Waals surface area contributed by atoms with Gasteiger partial charge in [0.05, 0.1) is 11.3 Å². The van der Waals surface area contributed by atoms with E-state index >= 15 is 0 Å². The van der Waals surface area contributed by atoms with Crippen molar-refractivity contribution in [2.75, 3.05) is 18.1 Å². The molecule has 11 nitrogen and oxygen atoms in total. The van der Waals surface area contributed by atoms with E-state index in [-0.39, 0.29) is 34.5 Å². The number of nitrogens with zero attached hydrogens (tertiary/aromatic N) is 2. The molecule has 0 spiro atoms.